The van der Waals surface area contributed by atoms with E-state index in [0.717, 1.165) is 23.8 Å². The standard InChI is InChI=1S/C24H35N5.HI/c1-3-5-15-29-16-12-22(13-17-29)28-24(25-4-2)27-19-20-9-8-10-21(18-20)23-11-6-7-14-26-23;/h6-11,14,18,22H,3-5,12-13,15-17,19H2,1-2H3,(H2,25,27,28);1H. The predicted molar refractivity (Wildman–Crippen MR) is 137 cm³/mol. The number of halogens is 1. The van der Waals surface area contributed by atoms with Crippen molar-refractivity contribution in [1.29, 1.82) is 0 Å². The Morgan fingerprint density at radius 3 is 2.67 bits per heavy atom. The van der Waals surface area contributed by atoms with Crippen molar-refractivity contribution in [3.63, 3.8) is 0 Å². The lowest BCUT2D eigenvalue weighted by Crippen LogP contribution is -2.48. The van der Waals surface area contributed by atoms with Crippen molar-refractivity contribution >= 4 is 29.9 Å². The number of hydrogen-bond donors (Lipinski definition) is 2. The summed E-state index contributed by atoms with van der Waals surface area (Å²) in [5.74, 6) is 0.919. The molecule has 1 saturated heterocycles. The van der Waals surface area contributed by atoms with Crippen molar-refractivity contribution in [3.05, 3.63) is 54.2 Å². The first-order chi connectivity index (χ1) is 14.3. The van der Waals surface area contributed by atoms with Crippen LogP contribution in [0, 0.1) is 0 Å². The summed E-state index contributed by atoms with van der Waals surface area (Å²) in [4.78, 5) is 11.9. The minimum atomic E-state index is 0. The minimum Gasteiger partial charge on any atom is -0.357 e. The van der Waals surface area contributed by atoms with E-state index in [2.05, 4.69) is 58.6 Å². The Labute approximate surface area is 198 Å². The highest BCUT2D eigenvalue weighted by Crippen LogP contribution is 2.18. The number of nitrogens with one attached hydrogen (secondary N) is 2. The maximum Gasteiger partial charge on any atom is 0.191 e. The zero-order valence-corrected chi connectivity index (χ0v) is 20.6. The number of piperidine rings is 1. The Balaban J connectivity index is 0.00000320. The molecule has 1 aromatic carbocycles. The average Bonchev–Trinajstić information content (AvgIpc) is 2.78. The van der Waals surface area contributed by atoms with Crippen LogP contribution in [0.1, 0.15) is 45.1 Å². The van der Waals surface area contributed by atoms with Gasteiger partial charge in [-0.05, 0) is 56.5 Å². The van der Waals surface area contributed by atoms with Gasteiger partial charge in [-0.25, -0.2) is 4.99 Å². The highest BCUT2D eigenvalue weighted by atomic mass is 127. The second-order valence-corrected chi connectivity index (χ2v) is 7.72. The first-order valence-corrected chi connectivity index (χ1v) is 11.1. The molecule has 2 N–H and O–H groups in total. The topological polar surface area (TPSA) is 52.5 Å². The Bertz CT molecular complexity index is 757. The molecular formula is C24H36IN5. The van der Waals surface area contributed by atoms with Crippen molar-refractivity contribution in [2.24, 2.45) is 4.99 Å². The van der Waals surface area contributed by atoms with Crippen LogP contribution in [0.5, 0.6) is 0 Å². The number of rotatable bonds is 8. The predicted octanol–water partition coefficient (Wildman–Crippen LogP) is 4.69. The lowest BCUT2D eigenvalue weighted by atomic mass is 10.0. The van der Waals surface area contributed by atoms with E-state index in [1.165, 1.54) is 50.9 Å². The van der Waals surface area contributed by atoms with E-state index < -0.39 is 0 Å². The number of aliphatic imine (C=N–C) groups is 1. The van der Waals surface area contributed by atoms with Crippen LogP contribution in [-0.2, 0) is 6.54 Å². The summed E-state index contributed by atoms with van der Waals surface area (Å²) in [5, 5.41) is 7.05. The van der Waals surface area contributed by atoms with Gasteiger partial charge in [-0.1, -0.05) is 37.6 Å². The number of benzene rings is 1. The molecule has 1 aromatic heterocycles. The summed E-state index contributed by atoms with van der Waals surface area (Å²) in [5.41, 5.74) is 3.33. The minimum absolute atomic E-state index is 0. The maximum absolute atomic E-state index is 4.84. The van der Waals surface area contributed by atoms with E-state index in [0.29, 0.717) is 12.6 Å². The van der Waals surface area contributed by atoms with E-state index >= 15 is 0 Å². The Kier molecular flexibility index (Phi) is 11.1. The van der Waals surface area contributed by atoms with Crippen LogP contribution in [-0.4, -0.2) is 48.1 Å². The molecular weight excluding hydrogens is 485 g/mol. The van der Waals surface area contributed by atoms with Crippen LogP contribution < -0.4 is 10.6 Å². The number of unbranched alkanes of at least 4 members (excludes halogenated alkanes) is 1. The van der Waals surface area contributed by atoms with Crippen molar-refractivity contribution in [2.45, 2.75) is 52.1 Å². The molecule has 164 valence electrons. The fourth-order valence-electron chi connectivity index (χ4n) is 3.73. The molecule has 3 rings (SSSR count). The third-order valence-corrected chi connectivity index (χ3v) is 5.41. The molecule has 0 atom stereocenters. The van der Waals surface area contributed by atoms with E-state index in [1.807, 2.05) is 24.4 Å². The van der Waals surface area contributed by atoms with Gasteiger partial charge in [-0.15, -0.1) is 24.0 Å². The number of aromatic nitrogens is 1. The van der Waals surface area contributed by atoms with Gasteiger partial charge >= 0.3 is 0 Å². The van der Waals surface area contributed by atoms with Crippen LogP contribution in [0.3, 0.4) is 0 Å². The molecule has 0 amide bonds. The molecule has 0 unspecified atom stereocenters. The van der Waals surface area contributed by atoms with Crippen LogP contribution in [0.2, 0.25) is 0 Å². The van der Waals surface area contributed by atoms with Gasteiger partial charge in [-0.2, -0.15) is 0 Å². The third-order valence-electron chi connectivity index (χ3n) is 5.41. The molecule has 1 fully saturated rings. The lowest BCUT2D eigenvalue weighted by Gasteiger charge is -2.33. The van der Waals surface area contributed by atoms with Gasteiger partial charge in [0.15, 0.2) is 5.96 Å². The van der Waals surface area contributed by atoms with Crippen molar-refractivity contribution in [2.75, 3.05) is 26.2 Å². The molecule has 0 aliphatic carbocycles. The fraction of sp³-hybridized carbons (Fsp3) is 0.500. The van der Waals surface area contributed by atoms with E-state index in [1.54, 1.807) is 0 Å². The molecule has 0 bridgehead atoms. The number of nitrogens with zero attached hydrogens (tertiary/aromatic N) is 3. The van der Waals surface area contributed by atoms with Crippen LogP contribution >= 0.6 is 24.0 Å². The summed E-state index contributed by atoms with van der Waals surface area (Å²) in [6.45, 7) is 9.52. The van der Waals surface area contributed by atoms with Gasteiger partial charge in [0.05, 0.1) is 12.2 Å². The molecule has 1 aliphatic heterocycles. The number of pyridine rings is 1. The summed E-state index contributed by atoms with van der Waals surface area (Å²) >= 11 is 0. The van der Waals surface area contributed by atoms with Crippen molar-refractivity contribution in [1.82, 2.24) is 20.5 Å². The van der Waals surface area contributed by atoms with Gasteiger partial charge in [0.2, 0.25) is 0 Å². The highest BCUT2D eigenvalue weighted by molar-refractivity contribution is 14.0. The first kappa shape index (κ1) is 24.6. The number of likely N-dealkylation sites (tertiary alicyclic amines) is 1. The summed E-state index contributed by atoms with van der Waals surface area (Å²) in [6.07, 6.45) is 6.78. The Morgan fingerprint density at radius 1 is 1.13 bits per heavy atom. The van der Waals surface area contributed by atoms with Gasteiger partial charge in [0.25, 0.3) is 0 Å². The van der Waals surface area contributed by atoms with Crippen molar-refractivity contribution < 1.29 is 0 Å². The quantitative estimate of drug-likeness (QED) is 0.301. The molecule has 2 heterocycles. The van der Waals surface area contributed by atoms with Gasteiger partial charge in [0, 0.05) is 37.4 Å². The van der Waals surface area contributed by atoms with Gasteiger partial charge < -0.3 is 15.5 Å². The second kappa shape index (κ2) is 13.6. The summed E-state index contributed by atoms with van der Waals surface area (Å²) < 4.78 is 0. The fourth-order valence-corrected chi connectivity index (χ4v) is 3.73. The van der Waals surface area contributed by atoms with E-state index in [9.17, 15) is 0 Å². The van der Waals surface area contributed by atoms with Crippen LogP contribution in [0.4, 0.5) is 0 Å². The van der Waals surface area contributed by atoms with Gasteiger partial charge in [-0.3, -0.25) is 4.98 Å². The molecule has 30 heavy (non-hydrogen) atoms. The van der Waals surface area contributed by atoms with E-state index in [4.69, 9.17) is 4.99 Å². The molecule has 0 saturated carbocycles. The Hall–Kier alpha value is -1.67. The largest absolute Gasteiger partial charge is 0.357 e. The number of guanidine groups is 1. The molecule has 5 nitrogen and oxygen atoms in total. The van der Waals surface area contributed by atoms with Crippen molar-refractivity contribution in [3.8, 4) is 11.3 Å². The first-order valence-electron chi connectivity index (χ1n) is 11.1. The maximum atomic E-state index is 4.84. The zero-order chi connectivity index (χ0) is 20.3. The number of hydrogen-bond acceptors (Lipinski definition) is 3. The molecule has 0 spiro atoms. The normalized spacial score (nSPS) is 15.5. The molecule has 6 heteroatoms. The Morgan fingerprint density at radius 2 is 1.97 bits per heavy atom. The molecule has 1 aliphatic rings. The highest BCUT2D eigenvalue weighted by Gasteiger charge is 2.19. The summed E-state index contributed by atoms with van der Waals surface area (Å²) in [6, 6.07) is 15.0. The monoisotopic (exact) mass is 521 g/mol. The lowest BCUT2D eigenvalue weighted by molar-refractivity contribution is 0.203. The SMILES string of the molecule is CCCCN1CCC(NC(=NCc2cccc(-c3ccccn3)c2)NCC)CC1.I. The molecule has 2 aromatic rings. The van der Waals surface area contributed by atoms with Crippen LogP contribution in [0.25, 0.3) is 11.3 Å². The van der Waals surface area contributed by atoms with Crippen LogP contribution in [0.15, 0.2) is 53.7 Å². The third kappa shape index (κ3) is 7.87. The van der Waals surface area contributed by atoms with Gasteiger partial charge in [0.1, 0.15) is 0 Å². The van der Waals surface area contributed by atoms with E-state index in [-0.39, 0.29) is 24.0 Å². The average molecular weight is 521 g/mol. The summed E-state index contributed by atoms with van der Waals surface area (Å²) in [7, 11) is 0. The smallest absolute Gasteiger partial charge is 0.191 e. The molecule has 0 radical (unpaired) electrons. The zero-order valence-electron chi connectivity index (χ0n) is 18.3. The second-order valence-electron chi connectivity index (χ2n) is 7.72.